The number of carbonyl (C=O) groups is 1. The standard InChI is InChI=1S/C16H15FO/c1-11-7-9-13(10-8-11)16(12(2)18)14-5-3-4-6-15(14)17/h3-10,16H,1-2H3. The Morgan fingerprint density at radius 3 is 2.22 bits per heavy atom. The summed E-state index contributed by atoms with van der Waals surface area (Å²) >= 11 is 0. The zero-order chi connectivity index (χ0) is 13.1. The first kappa shape index (κ1) is 12.5. The second-order valence-electron chi connectivity index (χ2n) is 4.48. The fourth-order valence-corrected chi connectivity index (χ4v) is 2.10. The zero-order valence-electron chi connectivity index (χ0n) is 10.5. The molecule has 1 nitrogen and oxygen atoms in total. The molecule has 0 amide bonds. The van der Waals surface area contributed by atoms with Crippen LogP contribution in [0.1, 0.15) is 29.5 Å². The van der Waals surface area contributed by atoms with E-state index in [1.807, 2.05) is 31.2 Å². The van der Waals surface area contributed by atoms with Crippen LogP contribution in [-0.4, -0.2) is 5.78 Å². The van der Waals surface area contributed by atoms with Gasteiger partial charge in [0.1, 0.15) is 11.6 Å². The van der Waals surface area contributed by atoms with Crippen LogP contribution in [0.5, 0.6) is 0 Å². The van der Waals surface area contributed by atoms with Gasteiger partial charge in [-0.05, 0) is 25.5 Å². The smallest absolute Gasteiger partial charge is 0.141 e. The van der Waals surface area contributed by atoms with Crippen molar-refractivity contribution in [1.29, 1.82) is 0 Å². The maximum atomic E-state index is 13.8. The summed E-state index contributed by atoms with van der Waals surface area (Å²) in [5.74, 6) is -0.908. The van der Waals surface area contributed by atoms with Crippen LogP contribution < -0.4 is 0 Å². The highest BCUT2D eigenvalue weighted by molar-refractivity contribution is 5.87. The first-order chi connectivity index (χ1) is 8.59. The first-order valence-electron chi connectivity index (χ1n) is 5.91. The zero-order valence-corrected chi connectivity index (χ0v) is 10.5. The minimum Gasteiger partial charge on any atom is -0.299 e. The average molecular weight is 242 g/mol. The lowest BCUT2D eigenvalue weighted by Crippen LogP contribution is -2.12. The first-order valence-corrected chi connectivity index (χ1v) is 5.91. The van der Waals surface area contributed by atoms with Crippen LogP contribution >= 0.6 is 0 Å². The van der Waals surface area contributed by atoms with Crippen molar-refractivity contribution in [3.63, 3.8) is 0 Å². The molecule has 0 radical (unpaired) electrons. The Bertz CT molecular complexity index is 558. The summed E-state index contributed by atoms with van der Waals surface area (Å²) < 4.78 is 13.8. The highest BCUT2D eigenvalue weighted by Gasteiger charge is 2.21. The largest absolute Gasteiger partial charge is 0.299 e. The van der Waals surface area contributed by atoms with Crippen LogP contribution in [0.4, 0.5) is 4.39 Å². The number of ketones is 1. The molecule has 0 spiro atoms. The van der Waals surface area contributed by atoms with E-state index in [4.69, 9.17) is 0 Å². The Hall–Kier alpha value is -1.96. The predicted octanol–water partition coefficient (Wildman–Crippen LogP) is 3.86. The molecule has 2 aromatic rings. The SMILES string of the molecule is CC(=O)C(c1ccc(C)cc1)c1ccccc1F. The minimum absolute atomic E-state index is 0.0519. The fourth-order valence-electron chi connectivity index (χ4n) is 2.10. The summed E-state index contributed by atoms with van der Waals surface area (Å²) in [5, 5.41) is 0. The van der Waals surface area contributed by atoms with Crippen molar-refractivity contribution in [2.75, 3.05) is 0 Å². The molecule has 92 valence electrons. The molecule has 0 heterocycles. The van der Waals surface area contributed by atoms with E-state index >= 15 is 0 Å². The normalized spacial score (nSPS) is 12.2. The average Bonchev–Trinajstić information content (AvgIpc) is 2.34. The summed E-state index contributed by atoms with van der Waals surface area (Å²) in [4.78, 5) is 11.8. The van der Waals surface area contributed by atoms with Gasteiger partial charge in [-0.15, -0.1) is 0 Å². The van der Waals surface area contributed by atoms with Crippen LogP contribution in [0, 0.1) is 12.7 Å². The lowest BCUT2D eigenvalue weighted by atomic mass is 9.87. The van der Waals surface area contributed by atoms with Gasteiger partial charge in [0.25, 0.3) is 0 Å². The Morgan fingerprint density at radius 2 is 1.67 bits per heavy atom. The number of hydrogen-bond donors (Lipinski definition) is 0. The Kier molecular flexibility index (Phi) is 3.56. The topological polar surface area (TPSA) is 17.1 Å². The second kappa shape index (κ2) is 5.13. The van der Waals surface area contributed by atoms with E-state index in [1.165, 1.54) is 13.0 Å². The van der Waals surface area contributed by atoms with Gasteiger partial charge in [0, 0.05) is 5.56 Å². The van der Waals surface area contributed by atoms with Crippen molar-refractivity contribution in [2.45, 2.75) is 19.8 Å². The van der Waals surface area contributed by atoms with E-state index in [0.717, 1.165) is 11.1 Å². The van der Waals surface area contributed by atoms with Crippen LogP contribution in [0.25, 0.3) is 0 Å². The molecule has 0 fully saturated rings. The predicted molar refractivity (Wildman–Crippen MR) is 70.1 cm³/mol. The van der Waals surface area contributed by atoms with E-state index in [2.05, 4.69) is 0 Å². The number of halogens is 1. The third-order valence-electron chi connectivity index (χ3n) is 3.03. The third kappa shape index (κ3) is 2.48. The van der Waals surface area contributed by atoms with Gasteiger partial charge < -0.3 is 0 Å². The molecule has 2 rings (SSSR count). The number of carbonyl (C=O) groups excluding carboxylic acids is 1. The highest BCUT2D eigenvalue weighted by atomic mass is 19.1. The molecule has 0 saturated carbocycles. The maximum absolute atomic E-state index is 13.8. The van der Waals surface area contributed by atoms with Crippen molar-refractivity contribution in [1.82, 2.24) is 0 Å². The Labute approximate surface area is 106 Å². The molecule has 2 aromatic carbocycles. The van der Waals surface area contributed by atoms with Gasteiger partial charge in [-0.2, -0.15) is 0 Å². The monoisotopic (exact) mass is 242 g/mol. The van der Waals surface area contributed by atoms with Crippen LogP contribution in [0.15, 0.2) is 48.5 Å². The molecule has 0 aliphatic rings. The molecule has 1 atom stereocenters. The van der Waals surface area contributed by atoms with Gasteiger partial charge >= 0.3 is 0 Å². The molecule has 0 N–H and O–H groups in total. The number of rotatable bonds is 3. The summed E-state index contributed by atoms with van der Waals surface area (Å²) in [6.45, 7) is 3.48. The van der Waals surface area contributed by atoms with Crippen LogP contribution in [-0.2, 0) is 4.79 Å². The van der Waals surface area contributed by atoms with Crippen LogP contribution in [0.2, 0.25) is 0 Å². The van der Waals surface area contributed by atoms with E-state index in [1.54, 1.807) is 18.2 Å². The summed E-state index contributed by atoms with van der Waals surface area (Å²) in [6, 6.07) is 14.1. The van der Waals surface area contributed by atoms with Crippen molar-refractivity contribution in [3.8, 4) is 0 Å². The molecule has 0 bridgehead atoms. The van der Waals surface area contributed by atoms with Crippen molar-refractivity contribution < 1.29 is 9.18 Å². The lowest BCUT2D eigenvalue weighted by molar-refractivity contribution is -0.117. The van der Waals surface area contributed by atoms with Crippen molar-refractivity contribution in [3.05, 3.63) is 71.0 Å². The highest BCUT2D eigenvalue weighted by Crippen LogP contribution is 2.27. The molecule has 0 aliphatic heterocycles. The number of benzene rings is 2. The van der Waals surface area contributed by atoms with E-state index in [0.29, 0.717) is 5.56 Å². The molecular formula is C16H15FO. The van der Waals surface area contributed by atoms with Crippen molar-refractivity contribution >= 4 is 5.78 Å². The van der Waals surface area contributed by atoms with Gasteiger partial charge in [-0.3, -0.25) is 4.79 Å². The second-order valence-corrected chi connectivity index (χ2v) is 4.48. The van der Waals surface area contributed by atoms with Gasteiger partial charge in [-0.1, -0.05) is 48.0 Å². The number of aryl methyl sites for hydroxylation is 1. The Balaban J connectivity index is 2.50. The van der Waals surface area contributed by atoms with Crippen LogP contribution in [0.3, 0.4) is 0 Å². The lowest BCUT2D eigenvalue weighted by Gasteiger charge is -2.15. The summed E-state index contributed by atoms with van der Waals surface area (Å²) in [7, 11) is 0. The molecule has 0 saturated heterocycles. The molecule has 1 unspecified atom stereocenters. The number of hydrogen-bond acceptors (Lipinski definition) is 1. The molecule has 18 heavy (non-hydrogen) atoms. The fraction of sp³-hybridized carbons (Fsp3) is 0.188. The van der Waals surface area contributed by atoms with Gasteiger partial charge in [0.05, 0.1) is 5.92 Å². The summed E-state index contributed by atoms with van der Waals surface area (Å²) in [6.07, 6.45) is 0. The third-order valence-corrected chi connectivity index (χ3v) is 3.03. The van der Waals surface area contributed by atoms with Gasteiger partial charge in [-0.25, -0.2) is 4.39 Å². The Morgan fingerprint density at radius 1 is 1.06 bits per heavy atom. The minimum atomic E-state index is -0.521. The van der Waals surface area contributed by atoms with Gasteiger partial charge in [0.2, 0.25) is 0 Å². The quantitative estimate of drug-likeness (QED) is 0.798. The number of Topliss-reactive ketones (excluding diaryl/α,β-unsaturated/α-hetero) is 1. The molecule has 2 heteroatoms. The maximum Gasteiger partial charge on any atom is 0.141 e. The van der Waals surface area contributed by atoms with Gasteiger partial charge in [0.15, 0.2) is 0 Å². The van der Waals surface area contributed by atoms with E-state index in [9.17, 15) is 9.18 Å². The molecule has 0 aliphatic carbocycles. The molecular weight excluding hydrogens is 227 g/mol. The van der Waals surface area contributed by atoms with E-state index < -0.39 is 5.92 Å². The van der Waals surface area contributed by atoms with E-state index in [-0.39, 0.29) is 11.6 Å². The molecule has 0 aromatic heterocycles. The summed E-state index contributed by atoms with van der Waals surface area (Å²) in [5.41, 5.74) is 2.39. The van der Waals surface area contributed by atoms with Crippen molar-refractivity contribution in [2.24, 2.45) is 0 Å².